The van der Waals surface area contributed by atoms with Crippen LogP contribution in [0.1, 0.15) is 13.8 Å². The van der Waals surface area contributed by atoms with Crippen molar-refractivity contribution < 1.29 is 4.79 Å². The number of carbonyl (C=O) groups excluding carboxylic acids is 1. The molecule has 1 N–H and O–H groups in total. The molecule has 5 nitrogen and oxygen atoms in total. The van der Waals surface area contributed by atoms with Gasteiger partial charge < -0.3 is 5.32 Å². The Hall–Kier alpha value is -1.99. The average Bonchev–Trinajstić information content (AvgIpc) is 3.01. The number of carbonyl (C=O) groups is 1. The first kappa shape index (κ1) is 17.8. The summed E-state index contributed by atoms with van der Waals surface area (Å²) in [5, 5.41) is 5.32. The normalized spacial score (nSPS) is 11.2. The molecule has 0 aliphatic rings. The minimum absolute atomic E-state index is 0.0237. The zero-order valence-corrected chi connectivity index (χ0v) is 16.4. The van der Waals surface area contributed by atoms with Crippen LogP contribution in [0.3, 0.4) is 0 Å². The monoisotopic (exact) mass is 419 g/mol. The van der Waals surface area contributed by atoms with Crippen LogP contribution in [0.5, 0.6) is 0 Å². The maximum absolute atomic E-state index is 12.9. The van der Waals surface area contributed by atoms with Gasteiger partial charge in [0, 0.05) is 22.0 Å². The van der Waals surface area contributed by atoms with Crippen LogP contribution >= 0.6 is 27.3 Å². The fraction of sp³-hybridized carbons (Fsp3) is 0.278. The third-order valence-corrected chi connectivity index (χ3v) is 5.15. The number of hydrogen-bond donors (Lipinski definition) is 1. The molecule has 0 aliphatic carbocycles. The minimum Gasteiger partial charge on any atom is -0.354 e. The second-order valence-corrected chi connectivity index (χ2v) is 7.99. The smallest absolute Gasteiger partial charge is 0.263 e. The van der Waals surface area contributed by atoms with E-state index in [-0.39, 0.29) is 18.0 Å². The molecule has 2 aromatic heterocycles. The van der Waals surface area contributed by atoms with Crippen molar-refractivity contribution in [2.75, 3.05) is 6.54 Å². The maximum atomic E-state index is 12.9. The van der Waals surface area contributed by atoms with Gasteiger partial charge in [-0.3, -0.25) is 14.2 Å². The van der Waals surface area contributed by atoms with Crippen LogP contribution < -0.4 is 10.9 Å². The summed E-state index contributed by atoms with van der Waals surface area (Å²) in [5.41, 5.74) is 1.61. The topological polar surface area (TPSA) is 64.0 Å². The van der Waals surface area contributed by atoms with Crippen LogP contribution in [0.2, 0.25) is 0 Å². The summed E-state index contributed by atoms with van der Waals surface area (Å²) < 4.78 is 2.35. The van der Waals surface area contributed by atoms with E-state index in [1.807, 2.05) is 43.5 Å². The lowest BCUT2D eigenvalue weighted by Crippen LogP contribution is -2.34. The van der Waals surface area contributed by atoms with Crippen LogP contribution in [0.4, 0.5) is 0 Å². The second-order valence-electron chi connectivity index (χ2n) is 6.21. The third-order valence-electron chi connectivity index (χ3n) is 3.74. The Bertz CT molecular complexity index is 961. The number of hydrogen-bond acceptors (Lipinski definition) is 4. The van der Waals surface area contributed by atoms with Crippen molar-refractivity contribution in [3.8, 4) is 11.1 Å². The van der Waals surface area contributed by atoms with E-state index in [9.17, 15) is 9.59 Å². The molecule has 0 saturated carbocycles. The van der Waals surface area contributed by atoms with Gasteiger partial charge in [-0.1, -0.05) is 41.9 Å². The Labute approximate surface area is 157 Å². The Morgan fingerprint density at radius 3 is 2.72 bits per heavy atom. The van der Waals surface area contributed by atoms with E-state index in [2.05, 4.69) is 26.2 Å². The lowest BCUT2D eigenvalue weighted by atomic mass is 10.1. The van der Waals surface area contributed by atoms with Crippen molar-refractivity contribution in [3.05, 3.63) is 50.8 Å². The van der Waals surface area contributed by atoms with Crippen molar-refractivity contribution in [2.24, 2.45) is 5.92 Å². The van der Waals surface area contributed by atoms with Gasteiger partial charge in [0.25, 0.3) is 5.56 Å². The lowest BCUT2D eigenvalue weighted by molar-refractivity contribution is -0.121. The molecular formula is C18H18BrN3O2S. The molecule has 3 aromatic rings. The SMILES string of the molecule is CC(C)CNC(=O)Cn1cnc2scc(-c3ccc(Br)cc3)c2c1=O. The number of rotatable bonds is 5. The summed E-state index contributed by atoms with van der Waals surface area (Å²) in [5.74, 6) is 0.180. The van der Waals surface area contributed by atoms with Crippen LogP contribution in [-0.4, -0.2) is 22.0 Å². The molecule has 0 bridgehead atoms. The largest absolute Gasteiger partial charge is 0.354 e. The highest BCUT2D eigenvalue weighted by atomic mass is 79.9. The molecule has 0 saturated heterocycles. The molecule has 0 atom stereocenters. The maximum Gasteiger partial charge on any atom is 0.263 e. The molecular weight excluding hydrogens is 402 g/mol. The fourth-order valence-electron chi connectivity index (χ4n) is 2.45. The highest BCUT2D eigenvalue weighted by Gasteiger charge is 2.14. The van der Waals surface area contributed by atoms with Gasteiger partial charge in [0.1, 0.15) is 11.4 Å². The molecule has 3 rings (SSSR count). The van der Waals surface area contributed by atoms with Crippen molar-refractivity contribution in [3.63, 3.8) is 0 Å². The second kappa shape index (κ2) is 7.49. The van der Waals surface area contributed by atoms with Crippen molar-refractivity contribution in [1.29, 1.82) is 0 Å². The summed E-state index contributed by atoms with van der Waals surface area (Å²) in [6, 6.07) is 7.79. The van der Waals surface area contributed by atoms with E-state index < -0.39 is 0 Å². The van der Waals surface area contributed by atoms with Gasteiger partial charge in [-0.15, -0.1) is 11.3 Å². The van der Waals surface area contributed by atoms with Gasteiger partial charge in [-0.2, -0.15) is 0 Å². The first-order valence-corrected chi connectivity index (χ1v) is 9.62. The standard InChI is InChI=1S/C18H18BrN3O2S/c1-11(2)7-20-15(23)8-22-10-21-17-16(18(22)24)14(9-25-17)12-3-5-13(19)6-4-12/h3-6,9-11H,7-8H2,1-2H3,(H,20,23). The van der Waals surface area contributed by atoms with Gasteiger partial charge in [0.15, 0.2) is 0 Å². The number of aromatic nitrogens is 2. The quantitative estimate of drug-likeness (QED) is 0.685. The van der Waals surface area contributed by atoms with Gasteiger partial charge in [-0.25, -0.2) is 4.98 Å². The van der Waals surface area contributed by atoms with Gasteiger partial charge in [0.2, 0.25) is 5.91 Å². The van der Waals surface area contributed by atoms with Crippen LogP contribution in [0, 0.1) is 5.92 Å². The number of nitrogens with zero attached hydrogens (tertiary/aromatic N) is 2. The number of halogens is 1. The van der Waals surface area contributed by atoms with E-state index in [0.717, 1.165) is 15.6 Å². The fourth-order valence-corrected chi connectivity index (χ4v) is 3.62. The number of fused-ring (bicyclic) bond motifs is 1. The summed E-state index contributed by atoms with van der Waals surface area (Å²) in [4.78, 5) is 29.9. The van der Waals surface area contributed by atoms with Crippen LogP contribution in [0.25, 0.3) is 21.3 Å². The average molecular weight is 420 g/mol. The molecule has 0 fully saturated rings. The number of benzene rings is 1. The molecule has 2 heterocycles. The molecule has 1 aromatic carbocycles. The van der Waals surface area contributed by atoms with Crippen molar-refractivity contribution in [1.82, 2.24) is 14.9 Å². The molecule has 0 radical (unpaired) electrons. The predicted molar refractivity (Wildman–Crippen MR) is 105 cm³/mol. The third kappa shape index (κ3) is 3.99. The van der Waals surface area contributed by atoms with Gasteiger partial charge in [-0.05, 0) is 23.6 Å². The van der Waals surface area contributed by atoms with E-state index >= 15 is 0 Å². The van der Waals surface area contributed by atoms with Gasteiger partial charge in [0.05, 0.1) is 11.7 Å². The van der Waals surface area contributed by atoms with Crippen molar-refractivity contribution in [2.45, 2.75) is 20.4 Å². The molecule has 1 amide bonds. The van der Waals surface area contributed by atoms with Gasteiger partial charge >= 0.3 is 0 Å². The molecule has 7 heteroatoms. The molecule has 0 unspecified atom stereocenters. The number of nitrogens with one attached hydrogen (secondary N) is 1. The highest BCUT2D eigenvalue weighted by Crippen LogP contribution is 2.31. The predicted octanol–water partition coefficient (Wildman–Crippen LogP) is 3.66. The first-order valence-electron chi connectivity index (χ1n) is 7.95. The van der Waals surface area contributed by atoms with E-state index in [0.29, 0.717) is 22.7 Å². The Morgan fingerprint density at radius 2 is 2.04 bits per heavy atom. The first-order chi connectivity index (χ1) is 12.0. The molecule has 130 valence electrons. The summed E-state index contributed by atoms with van der Waals surface area (Å²) in [6.07, 6.45) is 1.45. The molecule has 0 spiro atoms. The molecule has 25 heavy (non-hydrogen) atoms. The Kier molecular flexibility index (Phi) is 5.34. The van der Waals surface area contributed by atoms with E-state index in [1.54, 1.807) is 0 Å². The number of amides is 1. The Morgan fingerprint density at radius 1 is 1.32 bits per heavy atom. The molecule has 0 aliphatic heterocycles. The van der Waals surface area contributed by atoms with Crippen molar-refractivity contribution >= 4 is 43.4 Å². The number of thiophene rings is 1. The summed E-state index contributed by atoms with van der Waals surface area (Å²) in [7, 11) is 0. The zero-order valence-electron chi connectivity index (χ0n) is 14.0. The lowest BCUT2D eigenvalue weighted by Gasteiger charge is -2.09. The van der Waals surface area contributed by atoms with E-state index in [1.165, 1.54) is 22.2 Å². The highest BCUT2D eigenvalue weighted by molar-refractivity contribution is 9.10. The van der Waals surface area contributed by atoms with Crippen LogP contribution in [0.15, 0.2) is 45.2 Å². The summed E-state index contributed by atoms with van der Waals surface area (Å²) >= 11 is 4.85. The Balaban J connectivity index is 1.96. The van der Waals surface area contributed by atoms with Crippen LogP contribution in [-0.2, 0) is 11.3 Å². The zero-order chi connectivity index (χ0) is 18.0. The minimum atomic E-state index is -0.191. The summed E-state index contributed by atoms with van der Waals surface area (Å²) in [6.45, 7) is 4.61. The van der Waals surface area contributed by atoms with E-state index in [4.69, 9.17) is 0 Å².